The van der Waals surface area contributed by atoms with Crippen molar-refractivity contribution < 1.29 is 19.4 Å². The summed E-state index contributed by atoms with van der Waals surface area (Å²) >= 11 is 0. The van der Waals surface area contributed by atoms with Gasteiger partial charge in [-0.2, -0.15) is 0 Å². The van der Waals surface area contributed by atoms with Gasteiger partial charge in [0.2, 0.25) is 0 Å². The van der Waals surface area contributed by atoms with Crippen LogP contribution < -0.4 is 5.32 Å². The second-order valence-corrected chi connectivity index (χ2v) is 6.02. The van der Waals surface area contributed by atoms with E-state index < -0.39 is 17.3 Å². The van der Waals surface area contributed by atoms with Crippen LogP contribution in [0.2, 0.25) is 0 Å². The molecule has 1 fully saturated rings. The Morgan fingerprint density at radius 3 is 2.44 bits per heavy atom. The number of nitrogens with one attached hydrogen (secondary N) is 1. The minimum atomic E-state index is -0.881. The highest BCUT2D eigenvalue weighted by Crippen LogP contribution is 2.30. The van der Waals surface area contributed by atoms with Gasteiger partial charge >= 0.3 is 6.09 Å². The number of hydrogen-bond acceptors (Lipinski definition) is 4. The van der Waals surface area contributed by atoms with Crippen LogP contribution >= 0.6 is 0 Å². The molecule has 0 heterocycles. The Morgan fingerprint density at radius 2 is 2.00 bits per heavy atom. The number of carbonyl (C=O) groups excluding carboxylic acids is 2. The van der Waals surface area contributed by atoms with E-state index in [9.17, 15) is 14.7 Å². The molecule has 18 heavy (non-hydrogen) atoms. The molecule has 1 saturated carbocycles. The highest BCUT2D eigenvalue weighted by molar-refractivity contribution is 5.68. The molecule has 5 nitrogen and oxygen atoms in total. The molecule has 0 aromatic heterocycles. The van der Waals surface area contributed by atoms with Crippen molar-refractivity contribution in [3.05, 3.63) is 0 Å². The number of hydrogen-bond donors (Lipinski definition) is 2. The van der Waals surface area contributed by atoms with Crippen LogP contribution in [-0.4, -0.2) is 34.7 Å². The lowest BCUT2D eigenvalue weighted by Crippen LogP contribution is -2.45. The van der Waals surface area contributed by atoms with Crippen molar-refractivity contribution in [2.75, 3.05) is 0 Å². The molecule has 2 N–H and O–H groups in total. The van der Waals surface area contributed by atoms with E-state index in [1.165, 1.54) is 0 Å². The molecule has 0 unspecified atom stereocenters. The molecular weight excluding hydrogens is 234 g/mol. The van der Waals surface area contributed by atoms with Crippen LogP contribution in [0.25, 0.3) is 0 Å². The number of aldehydes is 1. The molecule has 0 aliphatic heterocycles. The van der Waals surface area contributed by atoms with Gasteiger partial charge < -0.3 is 20.0 Å². The fourth-order valence-corrected chi connectivity index (χ4v) is 2.13. The summed E-state index contributed by atoms with van der Waals surface area (Å²) in [5.74, 6) is 0. The summed E-state index contributed by atoms with van der Waals surface area (Å²) in [5, 5.41) is 12.8. The summed E-state index contributed by atoms with van der Waals surface area (Å²) in [7, 11) is 0. The maximum atomic E-state index is 11.6. The molecule has 0 aromatic carbocycles. The molecule has 0 atom stereocenters. The average molecular weight is 257 g/mol. The molecule has 1 aliphatic rings. The van der Waals surface area contributed by atoms with Gasteiger partial charge in [0.05, 0.1) is 5.60 Å². The average Bonchev–Trinajstić information content (AvgIpc) is 2.19. The minimum absolute atomic E-state index is 0.0202. The Hall–Kier alpha value is -1.10. The van der Waals surface area contributed by atoms with Crippen LogP contribution in [-0.2, 0) is 9.53 Å². The molecule has 1 amide bonds. The second kappa shape index (κ2) is 5.69. The number of ether oxygens (including phenoxy) is 1. The van der Waals surface area contributed by atoms with Gasteiger partial charge in [0, 0.05) is 12.5 Å². The fourth-order valence-electron chi connectivity index (χ4n) is 2.13. The van der Waals surface area contributed by atoms with Crippen LogP contribution in [0.3, 0.4) is 0 Å². The van der Waals surface area contributed by atoms with Crippen molar-refractivity contribution in [3.63, 3.8) is 0 Å². The Balaban J connectivity index is 2.35. The standard InChI is InChI=1S/C13H23NO4/c1-12(2,3)18-11(16)14-10-4-6-13(17,7-5-10)8-9-15/h9-10,17H,4-8H2,1-3H3,(H,14,16)/t10-,13-. The molecule has 0 aromatic rings. The number of alkyl carbamates (subject to hydrolysis) is 1. The molecule has 104 valence electrons. The molecular formula is C13H23NO4. The number of aliphatic hydroxyl groups is 1. The Morgan fingerprint density at radius 1 is 1.44 bits per heavy atom. The van der Waals surface area contributed by atoms with Crippen LogP contribution in [0.4, 0.5) is 4.79 Å². The largest absolute Gasteiger partial charge is 0.444 e. The third-order valence-corrected chi connectivity index (χ3v) is 3.10. The normalized spacial score (nSPS) is 28.6. The van der Waals surface area contributed by atoms with Gasteiger partial charge in [0.25, 0.3) is 0 Å². The molecule has 1 aliphatic carbocycles. The van der Waals surface area contributed by atoms with Crippen LogP contribution in [0.15, 0.2) is 0 Å². The zero-order chi connectivity index (χ0) is 13.8. The van der Waals surface area contributed by atoms with E-state index in [-0.39, 0.29) is 12.5 Å². The third-order valence-electron chi connectivity index (χ3n) is 3.10. The number of carbonyl (C=O) groups is 2. The van der Waals surface area contributed by atoms with E-state index in [1.807, 2.05) is 20.8 Å². The van der Waals surface area contributed by atoms with Crippen molar-refractivity contribution in [2.45, 2.75) is 70.1 Å². The summed E-state index contributed by atoms with van der Waals surface area (Å²) in [6.45, 7) is 5.45. The topological polar surface area (TPSA) is 75.6 Å². The quantitative estimate of drug-likeness (QED) is 0.756. The molecule has 0 bridgehead atoms. The SMILES string of the molecule is CC(C)(C)OC(=O)N[C@H]1CC[C@@](O)(CC=O)CC1. The van der Waals surface area contributed by atoms with Crippen molar-refractivity contribution in [3.8, 4) is 0 Å². The van der Waals surface area contributed by atoms with Gasteiger partial charge in [-0.05, 0) is 46.5 Å². The number of rotatable bonds is 3. The van der Waals surface area contributed by atoms with Crippen LogP contribution in [0, 0.1) is 0 Å². The highest BCUT2D eigenvalue weighted by Gasteiger charge is 2.33. The predicted molar refractivity (Wildman–Crippen MR) is 67.3 cm³/mol. The maximum Gasteiger partial charge on any atom is 0.407 e. The summed E-state index contributed by atoms with van der Waals surface area (Å²) in [6, 6.07) is 0.0202. The van der Waals surface area contributed by atoms with Crippen LogP contribution in [0.5, 0.6) is 0 Å². The summed E-state index contributed by atoms with van der Waals surface area (Å²) in [6.07, 6.45) is 2.91. The first kappa shape index (κ1) is 15.0. The van der Waals surface area contributed by atoms with Crippen LogP contribution in [0.1, 0.15) is 52.9 Å². The van der Waals surface area contributed by atoms with E-state index in [0.29, 0.717) is 25.7 Å². The molecule has 0 spiro atoms. The Kier molecular flexibility index (Phi) is 4.73. The summed E-state index contributed by atoms with van der Waals surface area (Å²) < 4.78 is 5.17. The smallest absolute Gasteiger partial charge is 0.407 e. The highest BCUT2D eigenvalue weighted by atomic mass is 16.6. The molecule has 0 radical (unpaired) electrons. The van der Waals surface area contributed by atoms with Crippen molar-refractivity contribution in [1.82, 2.24) is 5.32 Å². The van der Waals surface area contributed by atoms with Gasteiger partial charge in [0.1, 0.15) is 11.9 Å². The first-order valence-electron chi connectivity index (χ1n) is 6.40. The summed E-state index contributed by atoms with van der Waals surface area (Å²) in [4.78, 5) is 22.0. The summed E-state index contributed by atoms with van der Waals surface area (Å²) in [5.41, 5.74) is -1.38. The van der Waals surface area contributed by atoms with E-state index in [1.54, 1.807) is 0 Å². The Bertz CT molecular complexity index is 301. The zero-order valence-corrected chi connectivity index (χ0v) is 11.4. The lowest BCUT2D eigenvalue weighted by molar-refractivity contribution is -0.113. The van der Waals surface area contributed by atoms with Crippen molar-refractivity contribution in [1.29, 1.82) is 0 Å². The van der Waals surface area contributed by atoms with E-state index in [4.69, 9.17) is 4.74 Å². The van der Waals surface area contributed by atoms with Crippen molar-refractivity contribution in [2.24, 2.45) is 0 Å². The molecule has 0 saturated heterocycles. The molecule has 5 heteroatoms. The van der Waals surface area contributed by atoms with Gasteiger partial charge in [-0.1, -0.05) is 0 Å². The van der Waals surface area contributed by atoms with Gasteiger partial charge in [-0.15, -0.1) is 0 Å². The second-order valence-electron chi connectivity index (χ2n) is 6.02. The lowest BCUT2D eigenvalue weighted by Gasteiger charge is -2.35. The van der Waals surface area contributed by atoms with E-state index in [2.05, 4.69) is 5.32 Å². The van der Waals surface area contributed by atoms with E-state index in [0.717, 1.165) is 6.29 Å². The Labute approximate surface area is 108 Å². The van der Waals surface area contributed by atoms with Gasteiger partial charge in [-0.3, -0.25) is 0 Å². The van der Waals surface area contributed by atoms with Gasteiger partial charge in [-0.25, -0.2) is 4.79 Å². The fraction of sp³-hybridized carbons (Fsp3) is 0.846. The predicted octanol–water partition coefficient (Wildman–Crippen LogP) is 1.77. The van der Waals surface area contributed by atoms with Crippen molar-refractivity contribution >= 4 is 12.4 Å². The number of amides is 1. The first-order chi connectivity index (χ1) is 8.24. The lowest BCUT2D eigenvalue weighted by atomic mass is 9.80. The minimum Gasteiger partial charge on any atom is -0.444 e. The monoisotopic (exact) mass is 257 g/mol. The molecule has 1 rings (SSSR count). The maximum absolute atomic E-state index is 11.6. The van der Waals surface area contributed by atoms with E-state index >= 15 is 0 Å². The van der Waals surface area contributed by atoms with Gasteiger partial charge in [0.15, 0.2) is 0 Å². The zero-order valence-electron chi connectivity index (χ0n) is 11.4. The first-order valence-corrected chi connectivity index (χ1v) is 6.40. The third kappa shape index (κ3) is 5.04.